The van der Waals surface area contributed by atoms with Gasteiger partial charge < -0.3 is 14.6 Å². The molecule has 0 fully saturated rings. The number of hydrogen-bond donors (Lipinski definition) is 3. The first-order valence-electron chi connectivity index (χ1n) is 18.9. The van der Waals surface area contributed by atoms with Crippen molar-refractivity contribution < 1.29 is 53.4 Å². The molecule has 0 amide bonds. The molecule has 14 nitrogen and oxygen atoms in total. The number of halogens is 1. The summed E-state index contributed by atoms with van der Waals surface area (Å²) in [6.07, 6.45) is 11.2. The fourth-order valence-electron chi connectivity index (χ4n) is 7.47. The van der Waals surface area contributed by atoms with Crippen LogP contribution in [-0.2, 0) is 58.9 Å². The van der Waals surface area contributed by atoms with Crippen LogP contribution in [0, 0.1) is 0 Å². The molecule has 0 saturated carbocycles. The summed E-state index contributed by atoms with van der Waals surface area (Å²) in [5.41, 5.74) is 4.39. The highest BCUT2D eigenvalue weighted by molar-refractivity contribution is 7.86. The molecule has 3 heterocycles. The highest BCUT2D eigenvalue weighted by Gasteiger charge is 2.43. The molecular formula is C41H48ClN3O11S3. The number of hydrogen-bond acceptors (Lipinski definition) is 10. The van der Waals surface area contributed by atoms with Crippen molar-refractivity contribution in [3.63, 3.8) is 0 Å². The molecule has 2 aromatic carbocycles. The van der Waals surface area contributed by atoms with Crippen molar-refractivity contribution >= 4 is 70.7 Å². The second kappa shape index (κ2) is 17.8. The predicted octanol–water partition coefficient (Wildman–Crippen LogP) is 6.57. The van der Waals surface area contributed by atoms with E-state index in [-0.39, 0.29) is 37.2 Å². The third-order valence-electron chi connectivity index (χ3n) is 10.6. The van der Waals surface area contributed by atoms with E-state index in [0.29, 0.717) is 52.8 Å². The van der Waals surface area contributed by atoms with Gasteiger partial charge in [0.05, 0.1) is 43.3 Å². The first-order valence-corrected chi connectivity index (χ1v) is 23.9. The largest absolute Gasteiger partial charge is 0.748 e. The number of aromatic nitrogens is 1. The third-order valence-corrected chi connectivity index (χ3v) is 13.2. The molecule has 0 spiro atoms. The number of anilines is 1. The smallest absolute Gasteiger partial charge is 0.327 e. The quantitative estimate of drug-likeness (QED) is 0.0534. The molecule has 3 aromatic rings. The van der Waals surface area contributed by atoms with Crippen LogP contribution in [-0.4, -0.2) is 73.7 Å². The van der Waals surface area contributed by atoms with E-state index in [1.165, 1.54) is 12.1 Å². The lowest BCUT2D eigenvalue weighted by Crippen LogP contribution is -2.36. The van der Waals surface area contributed by atoms with Gasteiger partial charge in [-0.15, -0.1) is 0 Å². The number of aliphatic carboxylic acids is 1. The Balaban J connectivity index is 1.61. The molecule has 0 bridgehead atoms. The average Bonchev–Trinajstić information content (AvgIpc) is 3.49. The highest BCUT2D eigenvalue weighted by atomic mass is 35.5. The monoisotopic (exact) mass is 889 g/mol. The first kappa shape index (κ1) is 45.8. The lowest BCUT2D eigenvalue weighted by molar-refractivity contribution is -0.684. The van der Waals surface area contributed by atoms with Crippen LogP contribution >= 0.6 is 11.6 Å². The average molecular weight is 890 g/mol. The number of carboxylic acid groups (broad SMARTS) is 1. The number of aliphatic imine (C=N–C) groups is 1. The number of pyridine rings is 1. The van der Waals surface area contributed by atoms with E-state index >= 15 is 0 Å². The topological polar surface area (TPSA) is 223 Å². The summed E-state index contributed by atoms with van der Waals surface area (Å²) in [6.45, 7) is 8.09. The van der Waals surface area contributed by atoms with Gasteiger partial charge in [0.1, 0.15) is 6.20 Å². The van der Waals surface area contributed by atoms with Gasteiger partial charge in [-0.05, 0) is 110 Å². The second-order valence-corrected chi connectivity index (χ2v) is 20.7. The van der Waals surface area contributed by atoms with E-state index in [2.05, 4.69) is 0 Å². The molecule has 1 aromatic heterocycles. The lowest BCUT2D eigenvalue weighted by Gasteiger charge is -2.27. The minimum Gasteiger partial charge on any atom is -0.748 e. The van der Waals surface area contributed by atoms with Gasteiger partial charge in [-0.2, -0.15) is 16.8 Å². The van der Waals surface area contributed by atoms with E-state index in [9.17, 15) is 43.7 Å². The minimum absolute atomic E-state index is 0.0539. The summed E-state index contributed by atoms with van der Waals surface area (Å²) in [6, 6.07) is 13.9. The Morgan fingerprint density at radius 3 is 2.31 bits per heavy atom. The van der Waals surface area contributed by atoms with Gasteiger partial charge in [0.25, 0.3) is 20.2 Å². The summed E-state index contributed by atoms with van der Waals surface area (Å²) in [7, 11) is -13.2. The SMILES string of the molecule is CC1(C)C(/C=C/C(=C/C=C2/N(CCCS(=O)(=O)O)c3ccc(S(=O)(=O)O)cc3C2(C)C)c2cccc(CCCCC(=O)O)c2)=Nc2c1cc(Cl)c[n+]2CCCS(=O)(=O)[O-]. The van der Waals surface area contributed by atoms with Gasteiger partial charge in [-0.25, -0.2) is 13.0 Å². The van der Waals surface area contributed by atoms with Crippen molar-refractivity contribution in [2.75, 3.05) is 23.0 Å². The standard InChI is InChI=1S/C41H48ClN3O11S3/c1-40(2)34-25-31(42)27-44(20-8-22-57(48,49)50)39(34)43-36(40)18-14-29(30-12-7-11-28(24-30)10-5-6-13-38(46)47)15-19-37-41(3,4)33-26-32(59(54,55)56)16-17-35(33)45(37)21-9-23-58(51,52)53/h7,11-12,14-19,24-27H,5-6,8-10,13,20-23H2,1-4H3,(H3-,46,47,48,49,50,51,52,53,54,55,56). The molecule has 5 rings (SSSR count). The molecule has 0 radical (unpaired) electrons. The molecule has 2 aliphatic heterocycles. The Morgan fingerprint density at radius 1 is 0.915 bits per heavy atom. The fourth-order valence-corrected chi connectivity index (χ4v) is 9.18. The summed E-state index contributed by atoms with van der Waals surface area (Å²) in [5.74, 6) is -1.32. The third kappa shape index (κ3) is 11.5. The Hall–Kier alpha value is -4.23. The highest BCUT2D eigenvalue weighted by Crippen LogP contribution is 2.49. The van der Waals surface area contributed by atoms with Crippen LogP contribution < -0.4 is 9.47 Å². The van der Waals surface area contributed by atoms with E-state index in [0.717, 1.165) is 22.3 Å². The number of allylic oxidation sites excluding steroid dienone is 6. The molecule has 0 atom stereocenters. The van der Waals surface area contributed by atoms with E-state index in [1.807, 2.05) is 81.2 Å². The molecule has 0 unspecified atom stereocenters. The maximum Gasteiger partial charge on any atom is 0.327 e. The number of fused-ring (bicyclic) bond motifs is 2. The number of unbranched alkanes of at least 4 members (excludes halogenated alkanes) is 1. The summed E-state index contributed by atoms with van der Waals surface area (Å²) < 4.78 is 103. The van der Waals surface area contributed by atoms with Gasteiger partial charge in [-0.3, -0.25) is 13.9 Å². The maximum atomic E-state index is 12.2. The zero-order chi connectivity index (χ0) is 43.6. The maximum absolute atomic E-state index is 12.2. The van der Waals surface area contributed by atoms with Gasteiger partial charge in [0.2, 0.25) is 0 Å². The zero-order valence-corrected chi connectivity index (χ0v) is 36.3. The molecule has 318 valence electrons. The van der Waals surface area contributed by atoms with Crippen LogP contribution in [0.2, 0.25) is 5.02 Å². The zero-order valence-electron chi connectivity index (χ0n) is 33.1. The van der Waals surface area contributed by atoms with Crippen LogP contribution in [0.25, 0.3) is 5.57 Å². The molecule has 0 saturated heterocycles. The van der Waals surface area contributed by atoms with Crippen molar-refractivity contribution in [1.82, 2.24) is 0 Å². The van der Waals surface area contributed by atoms with Crippen LogP contribution in [0.3, 0.4) is 0 Å². The summed E-state index contributed by atoms with van der Waals surface area (Å²) >= 11 is 6.51. The van der Waals surface area contributed by atoms with Crippen molar-refractivity contribution in [2.45, 2.75) is 88.5 Å². The van der Waals surface area contributed by atoms with Crippen molar-refractivity contribution in [3.8, 4) is 0 Å². The van der Waals surface area contributed by atoms with Crippen molar-refractivity contribution in [1.29, 1.82) is 0 Å². The van der Waals surface area contributed by atoms with Gasteiger partial charge >= 0.3 is 11.8 Å². The number of benzene rings is 2. The van der Waals surface area contributed by atoms with E-state index in [4.69, 9.17) is 21.7 Å². The van der Waals surface area contributed by atoms with Crippen LogP contribution in [0.5, 0.6) is 0 Å². The summed E-state index contributed by atoms with van der Waals surface area (Å²) in [4.78, 5) is 17.6. The Labute approximate surface area is 350 Å². The Kier molecular flexibility index (Phi) is 13.8. The van der Waals surface area contributed by atoms with Crippen molar-refractivity contribution in [3.05, 3.63) is 112 Å². The molecule has 59 heavy (non-hydrogen) atoms. The number of nitrogens with zero attached hydrogens (tertiary/aromatic N) is 3. The second-order valence-electron chi connectivity index (χ2n) is 15.7. The van der Waals surface area contributed by atoms with Crippen LogP contribution in [0.1, 0.15) is 82.1 Å². The molecule has 18 heteroatoms. The molecular weight excluding hydrogens is 842 g/mol. The number of carboxylic acids is 1. The first-order chi connectivity index (χ1) is 27.4. The van der Waals surface area contributed by atoms with Gasteiger partial charge in [-0.1, -0.05) is 61.9 Å². The minimum atomic E-state index is -4.54. The Morgan fingerprint density at radius 2 is 1.64 bits per heavy atom. The predicted molar refractivity (Wildman–Crippen MR) is 225 cm³/mol. The molecule has 2 aliphatic rings. The van der Waals surface area contributed by atoms with Crippen molar-refractivity contribution in [2.24, 2.45) is 4.99 Å². The van der Waals surface area contributed by atoms with Crippen LogP contribution in [0.15, 0.2) is 94.6 Å². The number of rotatable bonds is 18. The number of carbonyl (C=O) groups is 1. The van der Waals surface area contributed by atoms with Crippen LogP contribution in [0.4, 0.5) is 11.5 Å². The lowest BCUT2D eigenvalue weighted by atomic mass is 9.81. The van der Waals surface area contributed by atoms with E-state index in [1.54, 1.807) is 22.9 Å². The van der Waals surface area contributed by atoms with Gasteiger partial charge in [0.15, 0.2) is 5.71 Å². The number of aryl methyl sites for hydroxylation is 2. The Bertz CT molecular complexity index is 2600. The molecule has 3 N–H and O–H groups in total. The normalized spacial score (nSPS) is 17.1. The summed E-state index contributed by atoms with van der Waals surface area (Å²) in [5, 5.41) is 9.53. The van der Waals surface area contributed by atoms with E-state index < -0.39 is 58.7 Å². The van der Waals surface area contributed by atoms with Gasteiger partial charge in [0, 0.05) is 35.5 Å². The fraction of sp³-hybridized carbons (Fsp3) is 0.390. The molecule has 0 aliphatic carbocycles.